The summed E-state index contributed by atoms with van der Waals surface area (Å²) in [6.07, 6.45) is 0. The summed E-state index contributed by atoms with van der Waals surface area (Å²) in [4.78, 5) is 36.8. The van der Waals surface area contributed by atoms with Crippen molar-refractivity contribution >= 4 is 46.3 Å². The average Bonchev–Trinajstić information content (AvgIpc) is 2.94. The molecule has 5 nitrogen and oxygen atoms in total. The number of nitrogens with zero attached hydrogens (tertiary/aromatic N) is 1. The van der Waals surface area contributed by atoms with E-state index in [9.17, 15) is 18.8 Å². The third kappa shape index (κ3) is 4.64. The highest BCUT2D eigenvalue weighted by atomic mass is 32.2. The van der Waals surface area contributed by atoms with Crippen LogP contribution >= 0.6 is 23.5 Å². The van der Waals surface area contributed by atoms with E-state index in [1.54, 1.807) is 42.5 Å². The zero-order valence-electron chi connectivity index (χ0n) is 13.6. The first-order valence-electron chi connectivity index (χ1n) is 7.76. The Hall–Kier alpha value is -2.32. The molecule has 2 aromatic rings. The lowest BCUT2D eigenvalue weighted by Gasteiger charge is -2.13. The largest absolute Gasteiger partial charge is 0.325 e. The predicted octanol–water partition coefficient (Wildman–Crippen LogP) is 3.75. The topological polar surface area (TPSA) is 66.5 Å². The molecule has 1 saturated heterocycles. The van der Waals surface area contributed by atoms with Gasteiger partial charge in [-0.25, -0.2) is 4.39 Å². The maximum absolute atomic E-state index is 13.5. The minimum atomic E-state index is -0.348. The number of thioether (sulfide) groups is 2. The SMILES string of the molecule is O=C(CSc1ccccc1F)Nc1ccc(CN2C(=O)CSC2=O)cc1. The highest BCUT2D eigenvalue weighted by Gasteiger charge is 2.29. The number of carbonyl (C=O) groups excluding carboxylic acids is 3. The molecule has 8 heteroatoms. The van der Waals surface area contributed by atoms with Gasteiger partial charge in [-0.05, 0) is 29.8 Å². The lowest BCUT2D eigenvalue weighted by molar-refractivity contribution is -0.125. The molecular formula is C18H15FN2O3S2. The molecule has 1 fully saturated rings. The summed E-state index contributed by atoms with van der Waals surface area (Å²) in [5.74, 6) is -0.503. The molecule has 0 aliphatic carbocycles. The first-order chi connectivity index (χ1) is 12.5. The lowest BCUT2D eigenvalue weighted by atomic mass is 10.2. The van der Waals surface area contributed by atoms with E-state index in [0.717, 1.165) is 29.1 Å². The molecule has 0 aromatic heterocycles. The van der Waals surface area contributed by atoms with Gasteiger partial charge in [-0.2, -0.15) is 0 Å². The Balaban J connectivity index is 1.52. The Morgan fingerprint density at radius 1 is 1.15 bits per heavy atom. The monoisotopic (exact) mass is 390 g/mol. The van der Waals surface area contributed by atoms with E-state index in [4.69, 9.17) is 0 Å². The highest BCUT2D eigenvalue weighted by Crippen LogP contribution is 2.23. The van der Waals surface area contributed by atoms with Crippen LogP contribution in [0.25, 0.3) is 0 Å². The highest BCUT2D eigenvalue weighted by molar-refractivity contribution is 8.14. The van der Waals surface area contributed by atoms with Crippen molar-refractivity contribution in [2.24, 2.45) is 0 Å². The van der Waals surface area contributed by atoms with Gasteiger partial charge in [0, 0.05) is 10.6 Å². The summed E-state index contributed by atoms with van der Waals surface area (Å²) < 4.78 is 13.5. The smallest absolute Gasteiger partial charge is 0.289 e. The quantitative estimate of drug-likeness (QED) is 0.761. The molecule has 2 aromatic carbocycles. The molecule has 0 unspecified atom stereocenters. The number of nitrogens with one attached hydrogen (secondary N) is 1. The van der Waals surface area contributed by atoms with Crippen molar-refractivity contribution in [1.82, 2.24) is 4.90 Å². The van der Waals surface area contributed by atoms with Crippen molar-refractivity contribution in [2.75, 3.05) is 16.8 Å². The fourth-order valence-corrected chi connectivity index (χ4v) is 3.78. The number of hydrogen-bond acceptors (Lipinski definition) is 5. The summed E-state index contributed by atoms with van der Waals surface area (Å²) in [7, 11) is 0. The van der Waals surface area contributed by atoms with E-state index in [-0.39, 0.29) is 40.9 Å². The Labute approximate surface area is 158 Å². The van der Waals surface area contributed by atoms with Gasteiger partial charge in [0.05, 0.1) is 18.1 Å². The number of halogens is 1. The van der Waals surface area contributed by atoms with Crippen LogP contribution in [-0.2, 0) is 16.1 Å². The summed E-state index contributed by atoms with van der Waals surface area (Å²) in [6.45, 7) is 0.224. The normalized spacial score (nSPS) is 14.0. The molecule has 1 aliphatic rings. The fraction of sp³-hybridized carbons (Fsp3) is 0.167. The first-order valence-corrected chi connectivity index (χ1v) is 9.73. The zero-order chi connectivity index (χ0) is 18.5. The van der Waals surface area contributed by atoms with E-state index in [2.05, 4.69) is 5.32 Å². The average molecular weight is 390 g/mol. The van der Waals surface area contributed by atoms with Crippen LogP contribution in [0.3, 0.4) is 0 Å². The molecule has 1 N–H and O–H groups in total. The van der Waals surface area contributed by atoms with Gasteiger partial charge in [0.1, 0.15) is 5.82 Å². The van der Waals surface area contributed by atoms with E-state index in [1.165, 1.54) is 11.0 Å². The van der Waals surface area contributed by atoms with Crippen LogP contribution in [0.4, 0.5) is 14.9 Å². The van der Waals surface area contributed by atoms with Crippen LogP contribution in [0.1, 0.15) is 5.56 Å². The van der Waals surface area contributed by atoms with Crippen LogP contribution in [0.5, 0.6) is 0 Å². The van der Waals surface area contributed by atoms with Crippen molar-refractivity contribution in [1.29, 1.82) is 0 Å². The molecular weight excluding hydrogens is 375 g/mol. The molecule has 0 bridgehead atoms. The van der Waals surface area contributed by atoms with Crippen molar-refractivity contribution in [3.05, 3.63) is 59.9 Å². The van der Waals surface area contributed by atoms with Crippen molar-refractivity contribution in [3.8, 4) is 0 Å². The maximum Gasteiger partial charge on any atom is 0.289 e. The Bertz CT molecular complexity index is 827. The summed E-state index contributed by atoms with van der Waals surface area (Å²) in [6, 6.07) is 13.2. The third-order valence-electron chi connectivity index (χ3n) is 3.61. The molecule has 0 radical (unpaired) electrons. The van der Waals surface area contributed by atoms with Crippen LogP contribution in [-0.4, -0.2) is 33.5 Å². The third-order valence-corrected chi connectivity index (χ3v) is 5.52. The van der Waals surface area contributed by atoms with Crippen LogP contribution < -0.4 is 5.32 Å². The molecule has 0 atom stereocenters. The maximum atomic E-state index is 13.5. The van der Waals surface area contributed by atoms with E-state index in [0.29, 0.717) is 10.6 Å². The second-order valence-corrected chi connectivity index (χ2v) is 7.44. The number of imide groups is 1. The Morgan fingerprint density at radius 2 is 1.88 bits per heavy atom. The van der Waals surface area contributed by atoms with E-state index < -0.39 is 0 Å². The van der Waals surface area contributed by atoms with Gasteiger partial charge in [-0.1, -0.05) is 36.0 Å². The number of rotatable bonds is 6. The van der Waals surface area contributed by atoms with Gasteiger partial charge in [0.2, 0.25) is 11.8 Å². The molecule has 3 amide bonds. The second kappa shape index (κ2) is 8.37. The minimum Gasteiger partial charge on any atom is -0.325 e. The van der Waals surface area contributed by atoms with Gasteiger partial charge in [-0.3, -0.25) is 19.3 Å². The van der Waals surface area contributed by atoms with Gasteiger partial charge in [0.15, 0.2) is 0 Å². The Kier molecular flexibility index (Phi) is 5.95. The van der Waals surface area contributed by atoms with E-state index in [1.807, 2.05) is 0 Å². The number of anilines is 1. The summed E-state index contributed by atoms with van der Waals surface area (Å²) >= 11 is 2.13. The van der Waals surface area contributed by atoms with Gasteiger partial charge < -0.3 is 5.32 Å². The first kappa shape index (κ1) is 18.5. The molecule has 3 rings (SSSR count). The van der Waals surface area contributed by atoms with Crippen molar-refractivity contribution in [3.63, 3.8) is 0 Å². The fourth-order valence-electron chi connectivity index (χ4n) is 2.31. The van der Waals surface area contributed by atoms with Crippen molar-refractivity contribution in [2.45, 2.75) is 11.4 Å². The van der Waals surface area contributed by atoms with Gasteiger partial charge in [0.25, 0.3) is 5.24 Å². The van der Waals surface area contributed by atoms with Crippen LogP contribution in [0.2, 0.25) is 0 Å². The lowest BCUT2D eigenvalue weighted by Crippen LogP contribution is -2.27. The molecule has 1 aliphatic heterocycles. The molecule has 26 heavy (non-hydrogen) atoms. The van der Waals surface area contributed by atoms with Gasteiger partial charge >= 0.3 is 0 Å². The van der Waals surface area contributed by atoms with Gasteiger partial charge in [-0.15, -0.1) is 11.8 Å². The number of hydrogen-bond donors (Lipinski definition) is 1. The second-order valence-electron chi connectivity index (χ2n) is 5.50. The number of amides is 3. The molecule has 0 spiro atoms. The van der Waals surface area contributed by atoms with Crippen LogP contribution in [0, 0.1) is 5.82 Å². The number of carbonyl (C=O) groups is 3. The van der Waals surface area contributed by atoms with E-state index >= 15 is 0 Å². The zero-order valence-corrected chi connectivity index (χ0v) is 15.2. The van der Waals surface area contributed by atoms with Crippen LogP contribution in [0.15, 0.2) is 53.4 Å². The van der Waals surface area contributed by atoms with Crippen molar-refractivity contribution < 1.29 is 18.8 Å². The molecule has 0 saturated carbocycles. The number of benzene rings is 2. The summed E-state index contributed by atoms with van der Waals surface area (Å²) in [5.41, 5.74) is 1.40. The Morgan fingerprint density at radius 3 is 2.54 bits per heavy atom. The summed E-state index contributed by atoms with van der Waals surface area (Å²) in [5, 5.41) is 2.50. The molecule has 134 valence electrons. The standard InChI is InChI=1S/C18H15FN2O3S2/c19-14-3-1-2-4-15(14)25-10-16(22)20-13-7-5-12(6-8-13)9-21-17(23)11-26-18(21)24/h1-8H,9-11H2,(H,20,22). The molecule has 1 heterocycles. The minimum absolute atomic E-state index is 0.0939. The predicted molar refractivity (Wildman–Crippen MR) is 101 cm³/mol.